The Balaban J connectivity index is 1.14. The van der Waals surface area contributed by atoms with E-state index in [1.807, 2.05) is 54.6 Å². The van der Waals surface area contributed by atoms with Crippen molar-refractivity contribution in [2.24, 2.45) is 0 Å². The number of para-hydroxylation sites is 1. The van der Waals surface area contributed by atoms with Crippen LogP contribution < -0.4 is 28.4 Å². The fourth-order valence-electron chi connectivity index (χ4n) is 4.69. The summed E-state index contributed by atoms with van der Waals surface area (Å²) in [5.41, 5.74) is 3.26. The molecule has 5 aromatic rings. The quantitative estimate of drug-likeness (QED) is 0.0655. The number of fused-ring (bicyclic) bond motifs is 1. The molecule has 0 aliphatic carbocycles. The third-order valence-corrected chi connectivity index (χ3v) is 8.09. The maximum atomic E-state index is 13.0. The number of carbonyl (C=O) groups excluding carboxylic acids is 1. The lowest BCUT2D eigenvalue weighted by atomic mass is 10.1. The summed E-state index contributed by atoms with van der Waals surface area (Å²) in [6.07, 6.45) is 4.83. The van der Waals surface area contributed by atoms with Crippen LogP contribution in [-0.2, 0) is 0 Å². The molecule has 0 fully saturated rings. The Morgan fingerprint density at radius 1 is 0.733 bits per heavy atom. The molecule has 5 rings (SSSR count). The molecule has 0 atom stereocenters. The summed E-state index contributed by atoms with van der Waals surface area (Å²) in [5, 5.41) is 0.978. The van der Waals surface area contributed by atoms with E-state index in [-0.39, 0.29) is 5.78 Å². The molecule has 8 nitrogen and oxygen atoms in total. The number of unbranched alkanes of at least 4 members (excludes halogenated alkanes) is 1. The van der Waals surface area contributed by atoms with Gasteiger partial charge in [-0.25, -0.2) is 4.98 Å². The summed E-state index contributed by atoms with van der Waals surface area (Å²) in [7, 11) is 6.14. The first-order chi connectivity index (χ1) is 22.0. The van der Waals surface area contributed by atoms with Crippen LogP contribution in [0.2, 0.25) is 0 Å². The van der Waals surface area contributed by atoms with E-state index in [4.69, 9.17) is 33.4 Å². The van der Waals surface area contributed by atoms with Crippen LogP contribution >= 0.6 is 11.3 Å². The number of aromatic nitrogens is 1. The number of ketones is 1. The minimum Gasteiger partial charge on any atom is -0.494 e. The normalized spacial score (nSPS) is 11.0. The highest BCUT2D eigenvalue weighted by Gasteiger charge is 2.16. The minimum atomic E-state index is -0.210. The van der Waals surface area contributed by atoms with Crippen molar-refractivity contribution in [3.8, 4) is 45.1 Å². The predicted molar refractivity (Wildman–Crippen MR) is 178 cm³/mol. The van der Waals surface area contributed by atoms with Crippen molar-refractivity contribution in [3.63, 3.8) is 0 Å². The Labute approximate surface area is 266 Å². The van der Waals surface area contributed by atoms with Gasteiger partial charge in [0.05, 0.1) is 51.9 Å². The summed E-state index contributed by atoms with van der Waals surface area (Å²) in [6, 6.07) is 25.0. The molecule has 0 amide bonds. The molecule has 0 N–H and O–H groups in total. The highest BCUT2D eigenvalue weighted by molar-refractivity contribution is 7.21. The molecular formula is C36H35NO7S. The lowest BCUT2D eigenvalue weighted by Crippen LogP contribution is -2.03. The van der Waals surface area contributed by atoms with Crippen LogP contribution in [0, 0.1) is 0 Å². The molecule has 0 bridgehead atoms. The van der Waals surface area contributed by atoms with Crippen molar-refractivity contribution in [2.45, 2.75) is 12.8 Å². The number of nitrogens with zero attached hydrogens (tertiary/aromatic N) is 1. The molecule has 9 heteroatoms. The zero-order valence-corrected chi connectivity index (χ0v) is 26.5. The van der Waals surface area contributed by atoms with Crippen molar-refractivity contribution in [1.29, 1.82) is 0 Å². The smallest absolute Gasteiger partial charge is 0.203 e. The van der Waals surface area contributed by atoms with E-state index in [9.17, 15) is 4.79 Å². The Morgan fingerprint density at radius 2 is 1.47 bits per heavy atom. The largest absolute Gasteiger partial charge is 0.494 e. The zero-order chi connectivity index (χ0) is 31.6. The molecule has 0 aliphatic heterocycles. The Bertz CT molecular complexity index is 1740. The van der Waals surface area contributed by atoms with Gasteiger partial charge in [-0.3, -0.25) is 4.79 Å². The lowest BCUT2D eigenvalue weighted by molar-refractivity contribution is 0.104. The summed E-state index contributed by atoms with van der Waals surface area (Å²) in [6.45, 7) is 1.05. The average molecular weight is 626 g/mol. The summed E-state index contributed by atoms with van der Waals surface area (Å²) >= 11 is 1.68. The molecule has 232 valence electrons. The van der Waals surface area contributed by atoms with Gasteiger partial charge in [0.2, 0.25) is 5.75 Å². The van der Waals surface area contributed by atoms with Gasteiger partial charge in [0.25, 0.3) is 0 Å². The van der Waals surface area contributed by atoms with E-state index in [1.54, 1.807) is 36.7 Å². The molecule has 0 unspecified atom stereocenters. The molecule has 0 saturated heterocycles. The van der Waals surface area contributed by atoms with Crippen LogP contribution in [-0.4, -0.2) is 52.4 Å². The first-order valence-corrected chi connectivity index (χ1v) is 15.3. The summed E-state index contributed by atoms with van der Waals surface area (Å²) in [5.74, 6) is 3.08. The average Bonchev–Trinajstić information content (AvgIpc) is 3.53. The first kappa shape index (κ1) is 31.4. The fraction of sp³-hybridized carbons (Fsp3) is 0.222. The monoisotopic (exact) mass is 625 g/mol. The predicted octanol–water partition coefficient (Wildman–Crippen LogP) is 8.13. The van der Waals surface area contributed by atoms with Gasteiger partial charge in [-0.05, 0) is 73.0 Å². The number of allylic oxidation sites excluding steroid dienone is 1. The molecule has 45 heavy (non-hydrogen) atoms. The lowest BCUT2D eigenvalue weighted by Gasteiger charge is -2.13. The van der Waals surface area contributed by atoms with Crippen molar-refractivity contribution in [1.82, 2.24) is 4.98 Å². The van der Waals surface area contributed by atoms with E-state index in [1.165, 1.54) is 32.1 Å². The maximum Gasteiger partial charge on any atom is 0.203 e. The van der Waals surface area contributed by atoms with Crippen LogP contribution in [0.5, 0.6) is 34.5 Å². The molecule has 0 aliphatic rings. The van der Waals surface area contributed by atoms with Crippen LogP contribution in [0.15, 0.2) is 84.9 Å². The van der Waals surface area contributed by atoms with Gasteiger partial charge in [-0.1, -0.05) is 36.4 Å². The Morgan fingerprint density at radius 3 is 2.18 bits per heavy atom. The number of carbonyl (C=O) groups is 1. The van der Waals surface area contributed by atoms with Crippen molar-refractivity contribution >= 4 is 33.4 Å². The highest BCUT2D eigenvalue weighted by atomic mass is 32.1. The van der Waals surface area contributed by atoms with Crippen molar-refractivity contribution in [2.75, 3.05) is 41.7 Å². The van der Waals surface area contributed by atoms with Crippen LogP contribution in [0.1, 0.15) is 28.8 Å². The number of methoxy groups -OCH3 is 4. The van der Waals surface area contributed by atoms with Gasteiger partial charge >= 0.3 is 0 Å². The molecular weight excluding hydrogens is 590 g/mol. The van der Waals surface area contributed by atoms with E-state index in [0.717, 1.165) is 40.2 Å². The molecule has 1 aromatic heterocycles. The van der Waals surface area contributed by atoms with Gasteiger partial charge in [-0.2, -0.15) is 0 Å². The number of hydrogen-bond donors (Lipinski definition) is 0. The molecule has 1 heterocycles. The van der Waals surface area contributed by atoms with E-state index >= 15 is 0 Å². The van der Waals surface area contributed by atoms with Gasteiger partial charge in [0, 0.05) is 11.1 Å². The van der Waals surface area contributed by atoms with Crippen LogP contribution in [0.3, 0.4) is 0 Å². The third-order valence-electron chi connectivity index (χ3n) is 7.00. The van der Waals surface area contributed by atoms with E-state index < -0.39 is 0 Å². The summed E-state index contributed by atoms with van der Waals surface area (Å²) in [4.78, 5) is 17.7. The van der Waals surface area contributed by atoms with Crippen LogP contribution in [0.25, 0.3) is 26.9 Å². The molecule has 0 radical (unpaired) electrons. The maximum absolute atomic E-state index is 13.0. The standard InChI is InChI=1S/C36H35NO7S/c1-39-30-17-15-24(14-16-29(38)26-22-32(40-2)35(42-4)33(23-26)41-3)20-31(30)44-19-8-7-18-43-27-11-9-10-25(21-27)36-37-28-12-5-6-13-34(28)45-36/h5-6,9-17,20-23H,7-8,18-19H2,1-4H3/b16-14+. The van der Waals surface area contributed by atoms with Gasteiger partial charge < -0.3 is 28.4 Å². The SMILES string of the molecule is COc1ccc(/C=C/C(=O)c2cc(OC)c(OC)c(OC)c2)cc1OCCCCOc1cccc(-c2nc3ccccc3s2)c1. The van der Waals surface area contributed by atoms with E-state index in [2.05, 4.69) is 12.1 Å². The molecule has 0 spiro atoms. The summed E-state index contributed by atoms with van der Waals surface area (Å²) < 4.78 is 34.8. The van der Waals surface area contributed by atoms with Gasteiger partial charge in [0.1, 0.15) is 10.8 Å². The highest BCUT2D eigenvalue weighted by Crippen LogP contribution is 2.38. The van der Waals surface area contributed by atoms with Crippen molar-refractivity contribution in [3.05, 3.63) is 96.1 Å². The molecule has 0 saturated carbocycles. The van der Waals surface area contributed by atoms with Crippen LogP contribution in [0.4, 0.5) is 0 Å². The van der Waals surface area contributed by atoms with Crippen molar-refractivity contribution < 1.29 is 33.2 Å². The first-order valence-electron chi connectivity index (χ1n) is 14.4. The second-order valence-electron chi connectivity index (χ2n) is 9.94. The second-order valence-corrected chi connectivity index (χ2v) is 11.0. The number of thiazole rings is 1. The number of hydrogen-bond acceptors (Lipinski definition) is 9. The fourth-order valence-corrected chi connectivity index (χ4v) is 5.65. The van der Waals surface area contributed by atoms with Gasteiger partial charge in [0.15, 0.2) is 28.8 Å². The number of rotatable bonds is 15. The molecule has 4 aromatic carbocycles. The Hall–Kier alpha value is -5.02. The van der Waals surface area contributed by atoms with Gasteiger partial charge in [-0.15, -0.1) is 11.3 Å². The number of ether oxygens (including phenoxy) is 6. The number of benzene rings is 4. The second kappa shape index (κ2) is 15.1. The minimum absolute atomic E-state index is 0.210. The van der Waals surface area contributed by atoms with E-state index in [0.29, 0.717) is 47.5 Å². The topological polar surface area (TPSA) is 85.3 Å². The Kier molecular flexibility index (Phi) is 10.6. The zero-order valence-electron chi connectivity index (χ0n) is 25.7. The third kappa shape index (κ3) is 7.74.